The molecule has 0 spiro atoms. The van der Waals surface area contributed by atoms with Crippen LogP contribution in [-0.2, 0) is 7.05 Å². The van der Waals surface area contributed by atoms with Crippen LogP contribution in [0.3, 0.4) is 0 Å². The van der Waals surface area contributed by atoms with Crippen LogP contribution in [0.2, 0.25) is 0 Å². The molecule has 0 bridgehead atoms. The van der Waals surface area contributed by atoms with E-state index in [0.717, 1.165) is 5.69 Å². The molecule has 0 aromatic carbocycles. The van der Waals surface area contributed by atoms with E-state index < -0.39 is 0 Å². The van der Waals surface area contributed by atoms with Crippen molar-refractivity contribution < 1.29 is 0 Å². The van der Waals surface area contributed by atoms with Gasteiger partial charge in [-0.1, -0.05) is 6.07 Å². The van der Waals surface area contributed by atoms with E-state index in [1.54, 1.807) is 17.9 Å². The number of aromatic nitrogens is 5. The Labute approximate surface area is 114 Å². The summed E-state index contributed by atoms with van der Waals surface area (Å²) in [5.74, 6) is 0.407. The first-order chi connectivity index (χ1) is 9.65. The molecule has 0 amide bonds. The minimum Gasteiger partial charge on any atom is -0.348 e. The van der Waals surface area contributed by atoms with Crippen LogP contribution in [0.1, 0.15) is 18.7 Å². The molecule has 1 unspecified atom stereocenters. The van der Waals surface area contributed by atoms with Gasteiger partial charge in [0.15, 0.2) is 5.65 Å². The number of rotatable bonds is 3. The molecule has 3 aromatic heterocycles. The Bertz CT molecular complexity index is 791. The largest absolute Gasteiger partial charge is 0.348 e. The van der Waals surface area contributed by atoms with Crippen LogP contribution in [-0.4, -0.2) is 24.7 Å². The highest BCUT2D eigenvalue weighted by Crippen LogP contribution is 2.14. The quantitative estimate of drug-likeness (QED) is 0.747. The molecule has 7 heteroatoms. The van der Waals surface area contributed by atoms with Crippen molar-refractivity contribution in [2.24, 2.45) is 7.05 Å². The normalized spacial score (nSPS) is 12.5. The van der Waals surface area contributed by atoms with Crippen molar-refractivity contribution in [3.8, 4) is 0 Å². The van der Waals surface area contributed by atoms with Gasteiger partial charge in [0, 0.05) is 13.2 Å². The molecular weight excluding hydrogens is 256 g/mol. The van der Waals surface area contributed by atoms with Gasteiger partial charge in [-0.25, -0.2) is 0 Å². The molecule has 2 N–H and O–H groups in total. The van der Waals surface area contributed by atoms with Gasteiger partial charge in [-0.05, 0) is 19.1 Å². The number of aromatic amines is 1. The van der Waals surface area contributed by atoms with E-state index in [9.17, 15) is 4.79 Å². The second kappa shape index (κ2) is 4.76. The lowest BCUT2D eigenvalue weighted by molar-refractivity contribution is 0.780. The Hall–Kier alpha value is -2.70. The topological polar surface area (TPSA) is 88.5 Å². The summed E-state index contributed by atoms with van der Waals surface area (Å²) in [4.78, 5) is 23.3. The number of pyridine rings is 1. The Morgan fingerprint density at radius 1 is 1.40 bits per heavy atom. The Morgan fingerprint density at radius 2 is 2.25 bits per heavy atom. The maximum Gasteiger partial charge on any atom is 0.263 e. The van der Waals surface area contributed by atoms with Gasteiger partial charge in [0.2, 0.25) is 5.95 Å². The maximum atomic E-state index is 11.9. The van der Waals surface area contributed by atoms with Crippen molar-refractivity contribution in [2.45, 2.75) is 13.0 Å². The van der Waals surface area contributed by atoms with Gasteiger partial charge in [-0.15, -0.1) is 0 Å². The second-order valence-corrected chi connectivity index (χ2v) is 4.54. The van der Waals surface area contributed by atoms with Crippen molar-refractivity contribution in [3.05, 3.63) is 46.6 Å². The first-order valence-corrected chi connectivity index (χ1v) is 6.24. The number of aryl methyl sites for hydroxylation is 1. The van der Waals surface area contributed by atoms with Gasteiger partial charge in [0.25, 0.3) is 5.56 Å². The molecular formula is C13H14N6O. The summed E-state index contributed by atoms with van der Waals surface area (Å²) in [5, 5.41) is 7.64. The van der Waals surface area contributed by atoms with Crippen LogP contribution < -0.4 is 10.9 Å². The van der Waals surface area contributed by atoms with Crippen LogP contribution in [0.25, 0.3) is 11.0 Å². The molecule has 0 radical (unpaired) electrons. The van der Waals surface area contributed by atoms with Crippen LogP contribution in [0, 0.1) is 0 Å². The lowest BCUT2D eigenvalue weighted by atomic mass is 10.2. The summed E-state index contributed by atoms with van der Waals surface area (Å²) < 4.78 is 1.57. The van der Waals surface area contributed by atoms with Crippen molar-refractivity contribution in [2.75, 3.05) is 5.32 Å². The number of hydrogen-bond donors (Lipinski definition) is 2. The zero-order chi connectivity index (χ0) is 14.1. The van der Waals surface area contributed by atoms with Gasteiger partial charge in [0.05, 0.1) is 17.9 Å². The van der Waals surface area contributed by atoms with Crippen molar-refractivity contribution in [3.63, 3.8) is 0 Å². The summed E-state index contributed by atoms with van der Waals surface area (Å²) in [5.41, 5.74) is 1.21. The zero-order valence-corrected chi connectivity index (χ0v) is 11.2. The summed E-state index contributed by atoms with van der Waals surface area (Å²) >= 11 is 0. The molecule has 0 aliphatic rings. The predicted molar refractivity (Wildman–Crippen MR) is 75.4 cm³/mol. The van der Waals surface area contributed by atoms with Gasteiger partial charge in [-0.2, -0.15) is 10.1 Å². The molecule has 7 nitrogen and oxygen atoms in total. The van der Waals surface area contributed by atoms with Crippen LogP contribution >= 0.6 is 0 Å². The lowest BCUT2D eigenvalue weighted by Crippen LogP contribution is -2.16. The maximum absolute atomic E-state index is 11.9. The standard InChI is InChI=1S/C13H14N6O/c1-8(10-5-3-4-6-14-10)16-13-17-11-9(12(20)18-13)7-15-19(11)2/h3-8H,1-2H3,(H2,16,17,18,20). The molecule has 20 heavy (non-hydrogen) atoms. The molecule has 3 aromatic rings. The minimum absolute atomic E-state index is 0.0648. The fraction of sp³-hybridized carbons (Fsp3) is 0.231. The SMILES string of the molecule is CC(Nc1nc2c(cnn2C)c(=O)[nH]1)c1ccccn1. The Morgan fingerprint density at radius 3 is 3.00 bits per heavy atom. The number of nitrogens with zero attached hydrogens (tertiary/aromatic N) is 4. The van der Waals surface area contributed by atoms with Gasteiger partial charge in [-0.3, -0.25) is 19.4 Å². The van der Waals surface area contributed by atoms with Crippen LogP contribution in [0.4, 0.5) is 5.95 Å². The zero-order valence-electron chi connectivity index (χ0n) is 11.2. The monoisotopic (exact) mass is 270 g/mol. The fourth-order valence-electron chi connectivity index (χ4n) is 2.01. The summed E-state index contributed by atoms with van der Waals surface area (Å²) in [7, 11) is 1.75. The van der Waals surface area contributed by atoms with Gasteiger partial charge in [0.1, 0.15) is 5.39 Å². The summed E-state index contributed by atoms with van der Waals surface area (Å²) in [6.07, 6.45) is 3.24. The molecule has 3 rings (SSSR count). The van der Waals surface area contributed by atoms with Gasteiger partial charge < -0.3 is 5.32 Å². The second-order valence-electron chi connectivity index (χ2n) is 4.54. The molecule has 0 saturated heterocycles. The summed E-state index contributed by atoms with van der Waals surface area (Å²) in [6, 6.07) is 5.63. The van der Waals surface area contributed by atoms with E-state index >= 15 is 0 Å². The first-order valence-electron chi connectivity index (χ1n) is 6.24. The van der Waals surface area contributed by atoms with Crippen molar-refractivity contribution >= 4 is 17.0 Å². The third-order valence-electron chi connectivity index (χ3n) is 3.09. The van der Waals surface area contributed by atoms with Crippen LogP contribution in [0.5, 0.6) is 0 Å². The number of fused-ring (bicyclic) bond motifs is 1. The third-order valence-corrected chi connectivity index (χ3v) is 3.09. The van der Waals surface area contributed by atoms with Crippen molar-refractivity contribution in [1.29, 1.82) is 0 Å². The third kappa shape index (κ3) is 2.13. The number of nitrogens with one attached hydrogen (secondary N) is 2. The Kier molecular flexibility index (Phi) is 2.94. The number of anilines is 1. The number of hydrogen-bond acceptors (Lipinski definition) is 5. The predicted octanol–water partition coefficient (Wildman–Crippen LogP) is 1.22. The smallest absolute Gasteiger partial charge is 0.263 e. The highest BCUT2D eigenvalue weighted by Gasteiger charge is 2.11. The van der Waals surface area contributed by atoms with Crippen LogP contribution in [0.15, 0.2) is 35.4 Å². The van der Waals surface area contributed by atoms with E-state index in [4.69, 9.17) is 0 Å². The summed E-state index contributed by atoms with van der Waals surface area (Å²) in [6.45, 7) is 1.95. The lowest BCUT2D eigenvalue weighted by Gasteiger charge is -2.13. The average Bonchev–Trinajstić information content (AvgIpc) is 2.82. The first kappa shape index (κ1) is 12.3. The molecule has 0 aliphatic carbocycles. The molecule has 102 valence electrons. The highest BCUT2D eigenvalue weighted by atomic mass is 16.1. The minimum atomic E-state index is -0.209. The van der Waals surface area contributed by atoms with E-state index in [1.807, 2.05) is 25.1 Å². The van der Waals surface area contributed by atoms with Gasteiger partial charge >= 0.3 is 0 Å². The molecule has 0 aliphatic heterocycles. The highest BCUT2D eigenvalue weighted by molar-refractivity contribution is 5.74. The molecule has 1 atom stereocenters. The average molecular weight is 270 g/mol. The van der Waals surface area contributed by atoms with E-state index in [2.05, 4.69) is 25.4 Å². The molecule has 0 saturated carbocycles. The molecule has 0 fully saturated rings. The van der Waals surface area contributed by atoms with E-state index in [-0.39, 0.29) is 11.6 Å². The number of H-pyrrole nitrogens is 1. The Balaban J connectivity index is 1.95. The van der Waals surface area contributed by atoms with E-state index in [1.165, 1.54) is 6.20 Å². The van der Waals surface area contributed by atoms with E-state index in [0.29, 0.717) is 17.0 Å². The molecule has 3 heterocycles. The van der Waals surface area contributed by atoms with Crippen molar-refractivity contribution in [1.82, 2.24) is 24.7 Å². The fourth-order valence-corrected chi connectivity index (χ4v) is 2.01.